The quantitative estimate of drug-likeness (QED) is 0.355. The van der Waals surface area contributed by atoms with E-state index in [1.165, 1.54) is 22.1 Å². The van der Waals surface area contributed by atoms with Crippen molar-refractivity contribution in [3.8, 4) is 5.75 Å². The SMILES string of the molecule is CCCC[C@@H]1CN(C(C)C)c2cc(SC)c(O/C=C(\F)C(=O)O)cc2S(=O)(=O)N1C. The van der Waals surface area contributed by atoms with Gasteiger partial charge in [-0.2, -0.15) is 8.70 Å². The third kappa shape index (κ3) is 5.09. The largest absolute Gasteiger partial charge is 0.476 e. The molecule has 1 aromatic rings. The number of carbonyl (C=O) groups is 1. The van der Waals surface area contributed by atoms with Gasteiger partial charge in [-0.05, 0) is 32.6 Å². The summed E-state index contributed by atoms with van der Waals surface area (Å²) in [7, 11) is -2.25. The Morgan fingerprint density at radius 3 is 2.63 bits per heavy atom. The lowest BCUT2D eigenvalue weighted by Gasteiger charge is -2.32. The van der Waals surface area contributed by atoms with E-state index in [4.69, 9.17) is 9.84 Å². The average molecular weight is 461 g/mol. The summed E-state index contributed by atoms with van der Waals surface area (Å²) in [6, 6.07) is 2.95. The molecule has 10 heteroatoms. The van der Waals surface area contributed by atoms with E-state index in [1.54, 1.807) is 19.4 Å². The first-order valence-corrected chi connectivity index (χ1v) is 12.4. The van der Waals surface area contributed by atoms with Gasteiger partial charge in [-0.3, -0.25) is 0 Å². The zero-order valence-electron chi connectivity index (χ0n) is 17.9. The van der Waals surface area contributed by atoms with Gasteiger partial charge in [-0.15, -0.1) is 11.8 Å². The molecule has 0 radical (unpaired) electrons. The maximum Gasteiger partial charge on any atom is 0.368 e. The molecule has 0 amide bonds. The van der Waals surface area contributed by atoms with E-state index in [1.807, 2.05) is 13.8 Å². The van der Waals surface area contributed by atoms with Gasteiger partial charge in [0.25, 0.3) is 0 Å². The number of aliphatic carboxylic acids is 1. The molecular weight excluding hydrogens is 431 g/mol. The van der Waals surface area contributed by atoms with Crippen LogP contribution < -0.4 is 9.64 Å². The topological polar surface area (TPSA) is 87.1 Å². The number of hydrogen-bond donors (Lipinski definition) is 1. The fraction of sp³-hybridized carbons (Fsp3) is 0.550. The minimum atomic E-state index is -3.83. The van der Waals surface area contributed by atoms with Crippen LogP contribution in [0.4, 0.5) is 10.1 Å². The Labute approximate surface area is 181 Å². The van der Waals surface area contributed by atoms with Gasteiger partial charge in [0.1, 0.15) is 16.9 Å². The van der Waals surface area contributed by atoms with E-state index in [2.05, 4.69) is 11.8 Å². The first kappa shape index (κ1) is 24.5. The fourth-order valence-electron chi connectivity index (χ4n) is 3.37. The molecule has 1 N–H and O–H groups in total. The lowest BCUT2D eigenvalue weighted by Crippen LogP contribution is -2.43. The Kier molecular flexibility index (Phi) is 8.18. The van der Waals surface area contributed by atoms with Crippen molar-refractivity contribution >= 4 is 33.4 Å². The van der Waals surface area contributed by atoms with Crippen molar-refractivity contribution < 1.29 is 27.4 Å². The van der Waals surface area contributed by atoms with Gasteiger partial charge in [-0.25, -0.2) is 13.2 Å². The Morgan fingerprint density at radius 1 is 1.43 bits per heavy atom. The minimum absolute atomic E-state index is 0.0559. The molecular formula is C20H29FN2O5S2. The predicted octanol–water partition coefficient (Wildman–Crippen LogP) is 4.09. The van der Waals surface area contributed by atoms with Gasteiger partial charge in [-0.1, -0.05) is 19.8 Å². The summed E-state index contributed by atoms with van der Waals surface area (Å²) in [6.07, 6.45) is 4.88. The fourth-order valence-corrected chi connectivity index (χ4v) is 5.48. The van der Waals surface area contributed by atoms with Crippen LogP contribution in [-0.2, 0) is 14.8 Å². The van der Waals surface area contributed by atoms with Crippen LogP contribution in [0.5, 0.6) is 5.75 Å². The van der Waals surface area contributed by atoms with E-state index >= 15 is 0 Å². The number of carboxylic acid groups (broad SMARTS) is 1. The van der Waals surface area contributed by atoms with Crippen LogP contribution in [0.1, 0.15) is 40.0 Å². The van der Waals surface area contributed by atoms with E-state index in [-0.39, 0.29) is 22.7 Å². The normalized spacial score (nSPS) is 19.5. The second-order valence-electron chi connectivity index (χ2n) is 7.42. The molecule has 0 fully saturated rings. The van der Waals surface area contributed by atoms with Gasteiger partial charge in [0.05, 0.1) is 10.6 Å². The molecule has 0 spiro atoms. The minimum Gasteiger partial charge on any atom is -0.476 e. The summed E-state index contributed by atoms with van der Waals surface area (Å²) in [5.74, 6) is -3.14. The molecule has 2 rings (SSSR count). The highest BCUT2D eigenvalue weighted by Crippen LogP contribution is 2.41. The summed E-state index contributed by atoms with van der Waals surface area (Å²) in [5, 5.41) is 8.69. The molecule has 7 nitrogen and oxygen atoms in total. The molecule has 0 saturated carbocycles. The predicted molar refractivity (Wildman–Crippen MR) is 116 cm³/mol. The van der Waals surface area contributed by atoms with Gasteiger partial charge in [0, 0.05) is 31.7 Å². The molecule has 0 saturated heterocycles. The number of halogens is 1. The van der Waals surface area contributed by atoms with Crippen molar-refractivity contribution in [1.29, 1.82) is 0 Å². The molecule has 0 aliphatic carbocycles. The summed E-state index contributed by atoms with van der Waals surface area (Å²) in [6.45, 7) is 6.64. The number of nitrogens with zero attached hydrogens (tertiary/aromatic N) is 2. The molecule has 1 atom stereocenters. The van der Waals surface area contributed by atoms with Crippen LogP contribution in [0.15, 0.2) is 34.0 Å². The maximum absolute atomic E-state index is 13.4. The maximum atomic E-state index is 13.4. The number of fused-ring (bicyclic) bond motifs is 1. The lowest BCUT2D eigenvalue weighted by atomic mass is 10.1. The molecule has 0 bridgehead atoms. The van der Waals surface area contributed by atoms with E-state index in [0.29, 0.717) is 23.4 Å². The van der Waals surface area contributed by atoms with Crippen molar-refractivity contribution in [2.75, 3.05) is 24.7 Å². The number of rotatable bonds is 8. The van der Waals surface area contributed by atoms with Crippen molar-refractivity contribution in [3.05, 3.63) is 24.2 Å². The number of ether oxygens (including phenoxy) is 1. The van der Waals surface area contributed by atoms with Crippen molar-refractivity contribution in [2.45, 2.75) is 61.9 Å². The van der Waals surface area contributed by atoms with Crippen molar-refractivity contribution in [2.24, 2.45) is 0 Å². The Morgan fingerprint density at radius 2 is 2.10 bits per heavy atom. The molecule has 1 heterocycles. The second-order valence-corrected chi connectivity index (χ2v) is 10.2. The number of sulfonamides is 1. The number of hydrogen-bond acceptors (Lipinski definition) is 6. The number of thioether (sulfide) groups is 1. The highest BCUT2D eigenvalue weighted by Gasteiger charge is 2.37. The van der Waals surface area contributed by atoms with Gasteiger partial charge in [0.15, 0.2) is 0 Å². The standard InChI is InChI=1S/C20H29FN2O5S2/c1-6-7-8-14-11-23(13(2)3)16-9-18(29-5)17(28-12-15(21)20(24)25)10-19(16)30(26,27)22(14)4/h9-10,12-14H,6-8,11H2,1-5H3,(H,24,25)/b15-12-/t14-/m1/s1. The van der Waals surface area contributed by atoms with Crippen LogP contribution in [0, 0.1) is 0 Å². The average Bonchev–Trinajstić information content (AvgIpc) is 2.77. The number of carboxylic acids is 1. The number of unbranched alkanes of at least 4 members (excludes halogenated alkanes) is 1. The van der Waals surface area contributed by atoms with Gasteiger partial charge in [0.2, 0.25) is 15.9 Å². The molecule has 1 aliphatic rings. The molecule has 0 unspecified atom stereocenters. The van der Waals surface area contributed by atoms with E-state index < -0.39 is 21.8 Å². The number of anilines is 1. The van der Waals surface area contributed by atoms with Crippen LogP contribution in [-0.4, -0.2) is 55.7 Å². The van der Waals surface area contributed by atoms with Crippen LogP contribution in [0.3, 0.4) is 0 Å². The van der Waals surface area contributed by atoms with Crippen LogP contribution in [0.25, 0.3) is 0 Å². The zero-order chi connectivity index (χ0) is 22.6. The summed E-state index contributed by atoms with van der Waals surface area (Å²) in [5.41, 5.74) is 0.565. The molecule has 30 heavy (non-hydrogen) atoms. The van der Waals surface area contributed by atoms with E-state index in [0.717, 1.165) is 19.3 Å². The third-order valence-corrected chi connectivity index (χ3v) is 7.84. The molecule has 0 aromatic heterocycles. The lowest BCUT2D eigenvalue weighted by molar-refractivity contribution is -0.134. The van der Waals surface area contributed by atoms with Crippen molar-refractivity contribution in [3.63, 3.8) is 0 Å². The third-order valence-electron chi connectivity index (χ3n) is 5.14. The smallest absolute Gasteiger partial charge is 0.368 e. The number of benzene rings is 1. The van der Waals surface area contributed by atoms with E-state index in [9.17, 15) is 17.6 Å². The molecule has 168 valence electrons. The monoisotopic (exact) mass is 460 g/mol. The highest BCUT2D eigenvalue weighted by molar-refractivity contribution is 7.98. The Bertz CT molecular complexity index is 918. The van der Waals surface area contributed by atoms with Gasteiger partial charge < -0.3 is 14.7 Å². The van der Waals surface area contributed by atoms with Crippen LogP contribution >= 0.6 is 11.8 Å². The van der Waals surface area contributed by atoms with Crippen LogP contribution in [0.2, 0.25) is 0 Å². The Balaban J connectivity index is 2.65. The van der Waals surface area contributed by atoms with Gasteiger partial charge >= 0.3 is 5.97 Å². The first-order valence-electron chi connectivity index (χ1n) is 9.76. The molecule has 1 aromatic carbocycles. The molecule has 1 aliphatic heterocycles. The van der Waals surface area contributed by atoms with Crippen molar-refractivity contribution in [1.82, 2.24) is 4.31 Å². The summed E-state index contributed by atoms with van der Waals surface area (Å²) < 4.78 is 46.9. The highest BCUT2D eigenvalue weighted by atomic mass is 32.2. The number of likely N-dealkylation sites (N-methyl/N-ethyl adjacent to an activating group) is 1. The zero-order valence-corrected chi connectivity index (χ0v) is 19.5. The first-order chi connectivity index (χ1) is 14.0. The summed E-state index contributed by atoms with van der Waals surface area (Å²) >= 11 is 1.31. The second kappa shape index (κ2) is 10.0. The Hall–Kier alpha value is -1.78. The summed E-state index contributed by atoms with van der Waals surface area (Å²) in [4.78, 5) is 13.4.